The quantitative estimate of drug-likeness (QED) is 0.735. The second-order valence-corrected chi connectivity index (χ2v) is 3.49. The summed E-state index contributed by atoms with van der Waals surface area (Å²) in [7, 11) is 0. The second-order valence-electron chi connectivity index (χ2n) is 3.15. The summed E-state index contributed by atoms with van der Waals surface area (Å²) < 4.78 is 4.80. The Hall–Kier alpha value is -1.00. The van der Waals surface area contributed by atoms with Crippen LogP contribution in [0.5, 0.6) is 0 Å². The highest BCUT2D eigenvalue weighted by molar-refractivity contribution is 6.32. The van der Waals surface area contributed by atoms with Crippen LogP contribution in [0.15, 0.2) is 16.7 Å². The van der Waals surface area contributed by atoms with Crippen LogP contribution in [0, 0.1) is 0 Å². The van der Waals surface area contributed by atoms with Gasteiger partial charge in [0.1, 0.15) is 0 Å². The molecule has 0 aromatic carbocycles. The lowest BCUT2D eigenvalue weighted by Gasteiger charge is -2.02. The van der Waals surface area contributed by atoms with Crippen LogP contribution in [0.4, 0.5) is 0 Å². The average Bonchev–Trinajstić information content (AvgIpc) is 2.64. The largest absolute Gasteiger partial charge is 0.452 e. The van der Waals surface area contributed by atoms with Gasteiger partial charge in [-0.2, -0.15) is 0 Å². The predicted molar refractivity (Wildman–Crippen MR) is 57.0 cm³/mol. The van der Waals surface area contributed by atoms with Gasteiger partial charge in [0.25, 0.3) is 5.91 Å². The zero-order chi connectivity index (χ0) is 11.1. The third-order valence-corrected chi connectivity index (χ3v) is 2.28. The molecule has 84 valence electrons. The van der Waals surface area contributed by atoms with Crippen LogP contribution >= 0.6 is 11.6 Å². The van der Waals surface area contributed by atoms with Crippen LogP contribution in [0.2, 0.25) is 5.22 Å². The number of carbonyl (C=O) groups is 1. The first-order valence-corrected chi connectivity index (χ1v) is 5.25. The Kier molecular flexibility index (Phi) is 5.21. The van der Waals surface area contributed by atoms with Gasteiger partial charge in [-0.25, -0.2) is 0 Å². The molecule has 2 N–H and O–H groups in total. The zero-order valence-electron chi connectivity index (χ0n) is 8.33. The minimum absolute atomic E-state index is 0.114. The van der Waals surface area contributed by atoms with E-state index in [2.05, 4.69) is 5.32 Å². The maximum atomic E-state index is 11.5. The van der Waals surface area contributed by atoms with Crippen molar-refractivity contribution in [1.29, 1.82) is 0 Å². The van der Waals surface area contributed by atoms with Crippen LogP contribution < -0.4 is 5.32 Å². The highest BCUT2D eigenvalue weighted by Crippen LogP contribution is 2.15. The number of aliphatic hydroxyl groups excluding tert-OH is 1. The van der Waals surface area contributed by atoms with Gasteiger partial charge in [-0.1, -0.05) is 0 Å². The Morgan fingerprint density at radius 1 is 1.47 bits per heavy atom. The summed E-state index contributed by atoms with van der Waals surface area (Å²) in [5.41, 5.74) is 0.360. The lowest BCUT2D eigenvalue weighted by Crippen LogP contribution is -2.24. The van der Waals surface area contributed by atoms with Crippen molar-refractivity contribution in [2.45, 2.75) is 19.3 Å². The van der Waals surface area contributed by atoms with Gasteiger partial charge >= 0.3 is 0 Å². The molecule has 1 rings (SSSR count). The Morgan fingerprint density at radius 3 is 2.87 bits per heavy atom. The lowest BCUT2D eigenvalue weighted by molar-refractivity contribution is 0.0952. The SMILES string of the molecule is O=C(NCCCCCO)c1ccoc1Cl. The van der Waals surface area contributed by atoms with Gasteiger partial charge in [0, 0.05) is 13.2 Å². The Bertz CT molecular complexity index is 311. The third kappa shape index (κ3) is 3.93. The molecular formula is C10H14ClNO3. The van der Waals surface area contributed by atoms with Crippen molar-refractivity contribution < 1.29 is 14.3 Å². The van der Waals surface area contributed by atoms with Gasteiger partial charge in [-0.15, -0.1) is 0 Å². The number of hydrogen-bond acceptors (Lipinski definition) is 3. The Morgan fingerprint density at radius 2 is 2.27 bits per heavy atom. The molecule has 0 saturated carbocycles. The predicted octanol–water partition coefficient (Wildman–Crippen LogP) is 1.83. The maximum absolute atomic E-state index is 11.5. The first kappa shape index (κ1) is 12.1. The molecule has 1 amide bonds. The topological polar surface area (TPSA) is 62.5 Å². The smallest absolute Gasteiger partial charge is 0.256 e. The molecule has 0 unspecified atom stereocenters. The molecule has 0 fully saturated rings. The number of carbonyl (C=O) groups excluding carboxylic acids is 1. The third-order valence-electron chi connectivity index (χ3n) is 1.98. The number of aliphatic hydroxyl groups is 1. The molecule has 1 aromatic heterocycles. The molecule has 15 heavy (non-hydrogen) atoms. The molecule has 0 saturated heterocycles. The highest BCUT2D eigenvalue weighted by atomic mass is 35.5. The molecule has 0 aliphatic heterocycles. The standard InChI is InChI=1S/C10H14ClNO3/c11-9-8(4-7-15-9)10(14)12-5-2-1-3-6-13/h4,7,13H,1-3,5-6H2,(H,12,14). The molecule has 5 heteroatoms. The average molecular weight is 232 g/mol. The van der Waals surface area contributed by atoms with Gasteiger partial charge in [0.05, 0.1) is 11.8 Å². The van der Waals surface area contributed by atoms with E-state index < -0.39 is 0 Å². The van der Waals surface area contributed by atoms with Gasteiger partial charge in [0.2, 0.25) is 5.22 Å². The minimum atomic E-state index is -0.224. The van der Waals surface area contributed by atoms with Crippen LogP contribution in [0.25, 0.3) is 0 Å². The monoisotopic (exact) mass is 231 g/mol. The summed E-state index contributed by atoms with van der Waals surface area (Å²) in [6.45, 7) is 0.780. The van der Waals surface area contributed by atoms with Gasteiger partial charge in [-0.05, 0) is 36.9 Å². The molecule has 0 radical (unpaired) electrons. The molecule has 1 heterocycles. The van der Waals surface area contributed by atoms with E-state index in [9.17, 15) is 4.79 Å². The first-order valence-electron chi connectivity index (χ1n) is 4.87. The summed E-state index contributed by atoms with van der Waals surface area (Å²) in [5, 5.41) is 11.4. The van der Waals surface area contributed by atoms with Crippen LogP contribution in [0.1, 0.15) is 29.6 Å². The summed E-state index contributed by atoms with van der Waals surface area (Å²) in [6.07, 6.45) is 3.89. The van der Waals surface area contributed by atoms with Gasteiger partial charge < -0.3 is 14.8 Å². The van der Waals surface area contributed by atoms with Crippen LogP contribution in [-0.2, 0) is 0 Å². The van der Waals surface area contributed by atoms with Crippen LogP contribution in [0.3, 0.4) is 0 Å². The van der Waals surface area contributed by atoms with E-state index in [1.54, 1.807) is 0 Å². The molecular weight excluding hydrogens is 218 g/mol. The van der Waals surface area contributed by atoms with E-state index in [1.807, 2.05) is 0 Å². The summed E-state index contributed by atoms with van der Waals surface area (Å²) in [4.78, 5) is 11.5. The van der Waals surface area contributed by atoms with Crippen molar-refractivity contribution in [1.82, 2.24) is 5.32 Å². The van der Waals surface area contributed by atoms with Crippen molar-refractivity contribution in [3.05, 3.63) is 23.1 Å². The number of amides is 1. The molecule has 0 aliphatic rings. The first-order chi connectivity index (χ1) is 7.25. The number of nitrogens with one attached hydrogen (secondary N) is 1. The summed E-state index contributed by atoms with van der Waals surface area (Å²) >= 11 is 5.64. The van der Waals surface area contributed by atoms with E-state index >= 15 is 0 Å². The Labute approximate surface area is 93.2 Å². The van der Waals surface area contributed by atoms with Crippen molar-refractivity contribution >= 4 is 17.5 Å². The number of unbranched alkanes of at least 4 members (excludes halogenated alkanes) is 2. The summed E-state index contributed by atoms with van der Waals surface area (Å²) in [6, 6.07) is 1.53. The maximum Gasteiger partial charge on any atom is 0.256 e. The normalized spacial score (nSPS) is 10.3. The molecule has 0 aliphatic carbocycles. The lowest BCUT2D eigenvalue weighted by atomic mass is 10.2. The van der Waals surface area contributed by atoms with E-state index in [0.29, 0.717) is 12.1 Å². The Balaban J connectivity index is 2.22. The number of halogens is 1. The number of rotatable bonds is 6. The minimum Gasteiger partial charge on any atom is -0.452 e. The molecule has 0 bridgehead atoms. The van der Waals surface area contributed by atoms with Crippen LogP contribution in [-0.4, -0.2) is 24.2 Å². The summed E-state index contributed by atoms with van der Waals surface area (Å²) in [5.74, 6) is -0.224. The number of hydrogen-bond donors (Lipinski definition) is 2. The highest BCUT2D eigenvalue weighted by Gasteiger charge is 2.11. The van der Waals surface area contributed by atoms with Gasteiger partial charge in [-0.3, -0.25) is 4.79 Å². The molecule has 4 nitrogen and oxygen atoms in total. The van der Waals surface area contributed by atoms with Crippen molar-refractivity contribution in [2.24, 2.45) is 0 Å². The zero-order valence-corrected chi connectivity index (χ0v) is 9.09. The van der Waals surface area contributed by atoms with Crippen molar-refractivity contribution in [2.75, 3.05) is 13.2 Å². The molecule has 1 aromatic rings. The fourth-order valence-corrected chi connectivity index (χ4v) is 1.37. The van der Waals surface area contributed by atoms with E-state index in [4.69, 9.17) is 21.1 Å². The molecule has 0 atom stereocenters. The molecule has 0 spiro atoms. The van der Waals surface area contributed by atoms with Gasteiger partial charge in [0.15, 0.2) is 0 Å². The van der Waals surface area contributed by atoms with Crippen molar-refractivity contribution in [3.8, 4) is 0 Å². The second kappa shape index (κ2) is 6.48. The number of furan rings is 1. The van der Waals surface area contributed by atoms with E-state index in [1.165, 1.54) is 12.3 Å². The van der Waals surface area contributed by atoms with E-state index in [0.717, 1.165) is 19.3 Å². The fourth-order valence-electron chi connectivity index (χ4n) is 1.17. The van der Waals surface area contributed by atoms with E-state index in [-0.39, 0.29) is 17.7 Å². The fraction of sp³-hybridized carbons (Fsp3) is 0.500. The van der Waals surface area contributed by atoms with Crippen molar-refractivity contribution in [3.63, 3.8) is 0 Å².